The van der Waals surface area contributed by atoms with Crippen LogP contribution in [0.15, 0.2) is 109 Å². The molecule has 14 N–H and O–H groups in total. The van der Waals surface area contributed by atoms with Crippen LogP contribution in [-0.4, -0.2) is 142 Å². The molecular formula is C47H46Cl2N16O18S5. The summed E-state index contributed by atoms with van der Waals surface area (Å²) >= 11 is 13.7. The maximum atomic E-state index is 12.5. The first-order valence-corrected chi connectivity index (χ1v) is 31.3. The van der Waals surface area contributed by atoms with E-state index in [1.165, 1.54) is 62.6 Å². The predicted molar refractivity (Wildman–Crippen MR) is 322 cm³/mol. The van der Waals surface area contributed by atoms with E-state index in [-0.39, 0.29) is 101 Å². The van der Waals surface area contributed by atoms with Gasteiger partial charge in [-0.2, -0.15) is 55.2 Å². The maximum absolute atomic E-state index is 12.5. The number of ether oxygens (including phenoxy) is 1. The third-order valence-corrected chi connectivity index (χ3v) is 16.7. The molecule has 34 nitrogen and oxygen atoms in total. The summed E-state index contributed by atoms with van der Waals surface area (Å²) in [7, 11) is -13.3. The smallest absolute Gasteiger partial charge is 0.296 e. The van der Waals surface area contributed by atoms with E-state index in [1.807, 2.05) is 4.90 Å². The Morgan fingerprint density at radius 1 is 0.625 bits per heavy atom. The van der Waals surface area contributed by atoms with E-state index in [2.05, 4.69) is 96.5 Å². The van der Waals surface area contributed by atoms with Gasteiger partial charge in [-0.1, -0.05) is 22.2 Å². The number of amides is 1. The number of nitrogens with zero attached hydrogens (tertiary/aromatic N) is 8. The van der Waals surface area contributed by atoms with Gasteiger partial charge in [0.15, 0.2) is 0 Å². The number of phenols is 1. The molecule has 9 rings (SSSR count). The molecule has 2 aromatic heterocycles. The van der Waals surface area contributed by atoms with Crippen molar-refractivity contribution in [2.45, 2.75) is 31.4 Å². The number of piperazine rings is 1. The normalized spacial score (nSPS) is 13.1. The summed E-state index contributed by atoms with van der Waals surface area (Å²) in [4.78, 5) is 40.7. The number of rotatable bonds is 26. The standard InChI is InChI=1S/C47H46Cl2N16O18S5/c1-23(66)51-31-21-33(35(79-2)22-32(31)61-62-34-20-29-25(17-36(34)84-82-80-68)16-27(86(70,71)72)19-39(29)88(76,77)78)53-46-56-43(49)57-47(59-46)65-13-11-64(12-14-65)10-9-50-44-54-42(48)55-45(58-44)52-26-7-8-28-24(15-26)18-37(85-83-81-69)40(41(28)67)63-60-30-5-3-4-6-38(30)87(73,74)75/h3-8,15-22,60-63,67-69H,9-14H2,1-2H3,(H,51,66)(H,70,71,72)(H,73,74,75)(H,76,77,78)(H,53,56,57,59)(H2,50,52,54,55,58). The molecule has 6 aromatic carbocycles. The van der Waals surface area contributed by atoms with E-state index in [0.29, 0.717) is 85.9 Å². The minimum Gasteiger partial charge on any atom is -0.505 e. The zero-order valence-corrected chi connectivity index (χ0v) is 50.4. The van der Waals surface area contributed by atoms with Crippen LogP contribution in [0.2, 0.25) is 10.6 Å². The van der Waals surface area contributed by atoms with Crippen molar-refractivity contribution in [2.75, 3.05) is 94.2 Å². The quantitative estimate of drug-likeness (QED) is 0.00818. The molecule has 1 amide bonds. The zero-order valence-electron chi connectivity index (χ0n) is 44.8. The van der Waals surface area contributed by atoms with Crippen LogP contribution in [0.3, 0.4) is 0 Å². The Morgan fingerprint density at radius 2 is 1.26 bits per heavy atom. The molecular weight excluding hydrogens is 1310 g/mol. The number of aromatic nitrogens is 6. The lowest BCUT2D eigenvalue weighted by Crippen LogP contribution is -2.48. The number of aromatic hydroxyl groups is 1. The number of anilines is 11. The molecule has 1 aliphatic heterocycles. The van der Waals surface area contributed by atoms with Gasteiger partial charge in [0.25, 0.3) is 30.4 Å². The van der Waals surface area contributed by atoms with Crippen LogP contribution in [-0.2, 0) is 53.9 Å². The van der Waals surface area contributed by atoms with Crippen LogP contribution < -0.4 is 52.6 Å². The molecule has 0 atom stereocenters. The highest BCUT2D eigenvalue weighted by Gasteiger charge is 2.26. The molecule has 0 saturated carbocycles. The SMILES string of the molecule is COc1cc(NNc2cc3c(S(=O)(=O)O)cc(S(=O)(=O)O)cc3cc2SOOO)c(NC(C)=O)cc1Nc1nc(Cl)nc(N2CCN(CCNc3nc(Cl)nc(Nc4ccc5c(O)c(NNc6ccccc6S(=O)(=O)O)c(SOOO)cc5c4)n3)CC2)n1. The Labute approximate surface area is 516 Å². The molecule has 3 heterocycles. The van der Waals surface area contributed by atoms with Gasteiger partial charge in [-0.3, -0.25) is 45.1 Å². The average molecular weight is 1350 g/mol. The number of benzene rings is 6. The molecule has 0 bridgehead atoms. The first-order chi connectivity index (χ1) is 41.9. The second-order valence-corrected chi connectivity index (χ2v) is 24.5. The van der Waals surface area contributed by atoms with E-state index in [0.717, 1.165) is 6.07 Å². The van der Waals surface area contributed by atoms with Crippen LogP contribution in [0, 0.1) is 0 Å². The molecule has 8 aromatic rings. The Balaban J connectivity index is 0.832. The second-order valence-electron chi connectivity index (χ2n) is 18.2. The Kier molecular flexibility index (Phi) is 20.3. The zero-order chi connectivity index (χ0) is 63.1. The van der Waals surface area contributed by atoms with E-state index in [4.69, 9.17) is 38.5 Å². The van der Waals surface area contributed by atoms with Crippen molar-refractivity contribution < 1.29 is 82.8 Å². The predicted octanol–water partition coefficient (Wildman–Crippen LogP) is 7.54. The van der Waals surface area contributed by atoms with Crippen molar-refractivity contribution in [1.82, 2.24) is 34.8 Å². The highest BCUT2D eigenvalue weighted by molar-refractivity contribution is 7.95. The fraction of sp³-hybridized carbons (Fsp3) is 0.170. The van der Waals surface area contributed by atoms with Crippen molar-refractivity contribution in [3.8, 4) is 11.5 Å². The lowest BCUT2D eigenvalue weighted by molar-refractivity contribution is -0.432. The summed E-state index contributed by atoms with van der Waals surface area (Å²) in [6, 6.07) is 18.7. The van der Waals surface area contributed by atoms with Gasteiger partial charge >= 0.3 is 0 Å². The van der Waals surface area contributed by atoms with Gasteiger partial charge in [0.2, 0.25) is 40.3 Å². The number of phenolic OH excluding ortho intramolecular Hbond substituents is 1. The van der Waals surface area contributed by atoms with Crippen LogP contribution >= 0.6 is 47.3 Å². The highest BCUT2D eigenvalue weighted by Crippen LogP contribution is 2.44. The second kappa shape index (κ2) is 27.6. The Morgan fingerprint density at radius 3 is 1.94 bits per heavy atom. The van der Waals surface area contributed by atoms with Crippen LogP contribution in [0.5, 0.6) is 11.5 Å². The van der Waals surface area contributed by atoms with Crippen molar-refractivity contribution >= 4 is 169 Å². The Bertz CT molecular complexity index is 4320. The molecule has 1 fully saturated rings. The van der Waals surface area contributed by atoms with Crippen molar-refractivity contribution in [3.05, 3.63) is 95.5 Å². The number of hydrogen-bond donors (Lipinski definition) is 14. The number of para-hydroxylation sites is 1. The first kappa shape index (κ1) is 64.5. The van der Waals surface area contributed by atoms with Gasteiger partial charge in [0.1, 0.15) is 27.0 Å². The molecule has 1 saturated heterocycles. The van der Waals surface area contributed by atoms with Gasteiger partial charge in [-0.25, -0.2) is 10.5 Å². The molecule has 0 spiro atoms. The highest BCUT2D eigenvalue weighted by atomic mass is 35.5. The molecule has 41 heteroatoms. The molecule has 0 aliphatic carbocycles. The molecule has 0 unspecified atom stereocenters. The third-order valence-electron chi connectivity index (χ3n) is 12.5. The van der Waals surface area contributed by atoms with E-state index < -0.39 is 50.9 Å². The fourth-order valence-corrected chi connectivity index (χ4v) is 12.0. The largest absolute Gasteiger partial charge is 0.505 e. The number of carbonyl (C=O) groups is 1. The number of fused-ring (bicyclic) bond motifs is 2. The van der Waals surface area contributed by atoms with Crippen molar-refractivity contribution in [1.29, 1.82) is 0 Å². The molecule has 466 valence electrons. The van der Waals surface area contributed by atoms with E-state index in [1.54, 1.807) is 24.3 Å². The summed E-state index contributed by atoms with van der Waals surface area (Å²) in [5.41, 5.74) is 12.0. The summed E-state index contributed by atoms with van der Waals surface area (Å²) < 4.78 is 117. The third kappa shape index (κ3) is 16.0. The van der Waals surface area contributed by atoms with E-state index in [9.17, 15) is 48.8 Å². The average Bonchev–Trinajstić information content (AvgIpc) is 1.68. The lowest BCUT2D eigenvalue weighted by Gasteiger charge is -2.34. The monoisotopic (exact) mass is 1350 g/mol. The van der Waals surface area contributed by atoms with Crippen molar-refractivity contribution in [3.63, 3.8) is 0 Å². The van der Waals surface area contributed by atoms with Crippen LogP contribution in [0.1, 0.15) is 6.92 Å². The fourth-order valence-electron chi connectivity index (χ4n) is 8.66. The number of carbonyl (C=O) groups excluding carboxylic acids is 1. The van der Waals surface area contributed by atoms with Crippen LogP contribution in [0.4, 0.5) is 63.6 Å². The number of halogens is 2. The maximum Gasteiger partial charge on any atom is 0.296 e. The van der Waals surface area contributed by atoms with Gasteiger partial charge in [0.05, 0.1) is 74.3 Å². The number of hydrogen-bond acceptors (Lipinski definition) is 32. The summed E-state index contributed by atoms with van der Waals surface area (Å²) in [5.74, 6) is -0.156. The number of nitrogens with one attached hydrogen (secondary N) is 8. The number of methoxy groups -OCH3 is 1. The molecule has 1 aliphatic rings. The van der Waals surface area contributed by atoms with Gasteiger partial charge in [0, 0.05) is 68.7 Å². The van der Waals surface area contributed by atoms with Gasteiger partial charge in [-0.05, 0) is 101 Å². The molecule has 0 radical (unpaired) electrons. The number of hydrazine groups is 2. The summed E-state index contributed by atoms with van der Waals surface area (Å²) in [6.07, 6.45) is 0. The minimum absolute atomic E-state index is 0.00296. The van der Waals surface area contributed by atoms with Gasteiger partial charge in [-0.15, -0.1) is 8.67 Å². The van der Waals surface area contributed by atoms with Crippen LogP contribution in [0.25, 0.3) is 21.5 Å². The lowest BCUT2D eigenvalue weighted by atomic mass is 10.1. The summed E-state index contributed by atoms with van der Waals surface area (Å²) in [6.45, 7) is 4.27. The van der Waals surface area contributed by atoms with Gasteiger partial charge < -0.3 is 36.0 Å². The molecule has 88 heavy (non-hydrogen) atoms. The van der Waals surface area contributed by atoms with E-state index >= 15 is 0 Å². The summed E-state index contributed by atoms with van der Waals surface area (Å²) in [5, 5.41) is 48.8. The van der Waals surface area contributed by atoms with Crippen molar-refractivity contribution in [2.24, 2.45) is 0 Å². The first-order valence-electron chi connectivity index (χ1n) is 24.7. The Hall–Kier alpha value is -7.94. The topological polar surface area (TPSA) is 467 Å². The minimum atomic E-state index is -5.09.